The van der Waals surface area contributed by atoms with E-state index in [1.54, 1.807) is 15.5 Å². The summed E-state index contributed by atoms with van der Waals surface area (Å²) in [5, 5.41) is 2.86. The highest BCUT2D eigenvalue weighted by Crippen LogP contribution is 2.45. The van der Waals surface area contributed by atoms with Crippen LogP contribution < -0.4 is 14.8 Å². The summed E-state index contributed by atoms with van der Waals surface area (Å²) in [4.78, 5) is 35.1. The molecule has 2 aliphatic heterocycles. The van der Waals surface area contributed by atoms with E-state index >= 15 is 0 Å². The molecular weight excluding hydrogens is 527 g/mol. The van der Waals surface area contributed by atoms with Crippen LogP contribution in [0, 0.1) is 0 Å². The molecule has 0 bridgehead atoms. The van der Waals surface area contributed by atoms with Gasteiger partial charge in [-0.15, -0.1) is 0 Å². The molecule has 0 radical (unpaired) electrons. The molecule has 200 valence electrons. The molecule has 13 heteroatoms. The van der Waals surface area contributed by atoms with E-state index in [1.807, 2.05) is 0 Å². The number of alkyl halides is 3. The van der Waals surface area contributed by atoms with Crippen molar-refractivity contribution in [3.8, 4) is 11.5 Å². The van der Waals surface area contributed by atoms with Gasteiger partial charge in [0.05, 0.1) is 17.1 Å². The van der Waals surface area contributed by atoms with Gasteiger partial charge < -0.3 is 18.9 Å². The molecule has 2 aromatic heterocycles. The van der Waals surface area contributed by atoms with E-state index in [-0.39, 0.29) is 35.0 Å². The Bertz CT molecular complexity index is 1420. The zero-order valence-corrected chi connectivity index (χ0v) is 20.8. The zero-order chi connectivity index (χ0) is 27.0. The van der Waals surface area contributed by atoms with Gasteiger partial charge in [0.25, 0.3) is 5.91 Å². The van der Waals surface area contributed by atoms with Crippen LogP contribution in [0.4, 0.5) is 19.1 Å². The first-order valence-corrected chi connectivity index (χ1v) is 12.3. The molecule has 3 aromatic rings. The van der Waals surface area contributed by atoms with Gasteiger partial charge in [-0.2, -0.15) is 13.2 Å². The van der Waals surface area contributed by atoms with Crippen LogP contribution in [0.25, 0.3) is 11.0 Å². The number of carbonyl (C=O) groups excluding carboxylic acids is 2. The lowest BCUT2D eigenvalue weighted by Crippen LogP contribution is -2.34. The Kier molecular flexibility index (Phi) is 6.91. The van der Waals surface area contributed by atoms with Crippen LogP contribution >= 0.6 is 11.6 Å². The largest absolute Gasteiger partial charge is 0.486 e. The van der Waals surface area contributed by atoms with Gasteiger partial charge in [-0.1, -0.05) is 18.2 Å². The number of pyridine rings is 1. The molecule has 1 unspecified atom stereocenters. The fourth-order valence-corrected chi connectivity index (χ4v) is 5.05. The standard InChI is InChI=1S/C25H23ClF3N5O4/c1-2-19(35)33-8-4-3-5-15(13-33)34-21-16(12-17-22(20(21)26)38-10-9-37-17)31-24(34)32-23(36)14-6-7-30-18(11-14)25(27,28)29/h2,6-7,11-12,15H,1,3-5,8-10,13H2,(H,31,32,36). The Morgan fingerprint density at radius 1 is 1.21 bits per heavy atom. The Balaban J connectivity index is 1.61. The minimum atomic E-state index is -4.71. The molecule has 0 saturated carbocycles. The van der Waals surface area contributed by atoms with Crippen LogP contribution in [-0.2, 0) is 11.0 Å². The van der Waals surface area contributed by atoms with E-state index in [4.69, 9.17) is 21.1 Å². The van der Waals surface area contributed by atoms with Crippen molar-refractivity contribution in [1.29, 1.82) is 0 Å². The highest BCUT2D eigenvalue weighted by molar-refractivity contribution is 6.37. The van der Waals surface area contributed by atoms with Crippen molar-refractivity contribution < 1.29 is 32.2 Å². The highest BCUT2D eigenvalue weighted by Gasteiger charge is 2.34. The minimum Gasteiger partial charge on any atom is -0.486 e. The summed E-state index contributed by atoms with van der Waals surface area (Å²) >= 11 is 6.78. The molecule has 1 saturated heterocycles. The van der Waals surface area contributed by atoms with Crippen molar-refractivity contribution in [2.24, 2.45) is 0 Å². The number of hydrogen-bond acceptors (Lipinski definition) is 6. The van der Waals surface area contributed by atoms with Crippen LogP contribution in [0.2, 0.25) is 5.02 Å². The highest BCUT2D eigenvalue weighted by atomic mass is 35.5. The van der Waals surface area contributed by atoms with E-state index in [0.717, 1.165) is 19.0 Å². The lowest BCUT2D eigenvalue weighted by Gasteiger charge is -2.27. The fraction of sp³-hybridized carbons (Fsp3) is 0.360. The number of nitrogens with one attached hydrogen (secondary N) is 1. The summed E-state index contributed by atoms with van der Waals surface area (Å²) in [6.45, 7) is 5.02. The number of halogens is 4. The van der Waals surface area contributed by atoms with Gasteiger partial charge in [-0.25, -0.2) is 4.98 Å². The quantitative estimate of drug-likeness (QED) is 0.466. The number of hydrogen-bond donors (Lipinski definition) is 1. The molecule has 9 nitrogen and oxygen atoms in total. The van der Waals surface area contributed by atoms with Crippen molar-refractivity contribution in [1.82, 2.24) is 19.4 Å². The predicted octanol–water partition coefficient (Wildman–Crippen LogP) is 4.87. The molecular formula is C25H23ClF3N5O4. The van der Waals surface area contributed by atoms with Crippen molar-refractivity contribution in [2.75, 3.05) is 31.6 Å². The Hall–Kier alpha value is -3.80. The van der Waals surface area contributed by atoms with E-state index in [2.05, 4.69) is 21.9 Å². The number of imidazole rings is 1. The first-order chi connectivity index (χ1) is 18.2. The van der Waals surface area contributed by atoms with Gasteiger partial charge >= 0.3 is 6.18 Å². The van der Waals surface area contributed by atoms with Crippen LogP contribution in [0.15, 0.2) is 37.1 Å². The molecule has 1 fully saturated rings. The second-order valence-corrected chi connectivity index (χ2v) is 9.29. The van der Waals surface area contributed by atoms with E-state index < -0.39 is 17.8 Å². The number of rotatable bonds is 4. The zero-order valence-electron chi connectivity index (χ0n) is 20.1. The molecule has 2 amide bonds. The summed E-state index contributed by atoms with van der Waals surface area (Å²) in [7, 11) is 0. The van der Waals surface area contributed by atoms with Gasteiger partial charge in [0.2, 0.25) is 11.9 Å². The predicted molar refractivity (Wildman–Crippen MR) is 133 cm³/mol. The van der Waals surface area contributed by atoms with E-state index in [0.29, 0.717) is 54.8 Å². The maximum Gasteiger partial charge on any atom is 0.433 e. The number of carbonyl (C=O) groups is 2. The van der Waals surface area contributed by atoms with Crippen molar-refractivity contribution in [3.63, 3.8) is 0 Å². The third-order valence-electron chi connectivity index (χ3n) is 6.46. The second-order valence-electron chi connectivity index (χ2n) is 8.91. The monoisotopic (exact) mass is 549 g/mol. The fourth-order valence-electron chi connectivity index (χ4n) is 4.72. The number of benzene rings is 1. The van der Waals surface area contributed by atoms with Crippen molar-refractivity contribution in [2.45, 2.75) is 31.5 Å². The van der Waals surface area contributed by atoms with E-state index in [9.17, 15) is 22.8 Å². The van der Waals surface area contributed by atoms with Crippen LogP contribution in [-0.4, -0.2) is 57.6 Å². The average Bonchev–Trinajstić information content (AvgIpc) is 3.08. The lowest BCUT2D eigenvalue weighted by molar-refractivity contribution is -0.141. The molecule has 1 aromatic carbocycles. The average molecular weight is 550 g/mol. The second kappa shape index (κ2) is 10.2. The number of fused-ring (bicyclic) bond motifs is 2. The summed E-state index contributed by atoms with van der Waals surface area (Å²) < 4.78 is 52.6. The van der Waals surface area contributed by atoms with Crippen LogP contribution in [0.3, 0.4) is 0 Å². The first kappa shape index (κ1) is 25.8. The molecule has 0 aliphatic carbocycles. The molecule has 0 spiro atoms. The molecule has 1 N–H and O–H groups in total. The maximum atomic E-state index is 13.2. The van der Waals surface area contributed by atoms with Crippen LogP contribution in [0.5, 0.6) is 11.5 Å². The summed E-state index contributed by atoms with van der Waals surface area (Å²) in [6, 6.07) is 3.14. The molecule has 5 rings (SSSR count). The number of nitrogens with zero attached hydrogens (tertiary/aromatic N) is 4. The normalized spacial score (nSPS) is 17.7. The molecule has 2 aliphatic rings. The third-order valence-corrected chi connectivity index (χ3v) is 6.81. The smallest absolute Gasteiger partial charge is 0.433 e. The number of aromatic nitrogens is 3. The number of ether oxygens (including phenoxy) is 2. The van der Waals surface area contributed by atoms with Crippen molar-refractivity contribution in [3.05, 3.63) is 53.3 Å². The van der Waals surface area contributed by atoms with Gasteiger partial charge in [-0.3, -0.25) is 19.9 Å². The SMILES string of the molecule is C=CC(=O)N1CCCCC(n2c(NC(=O)c3ccnc(C(F)(F)F)c3)nc3cc4c(c(Cl)c32)OCCO4)C1. The topological polar surface area (TPSA) is 98.6 Å². The molecule has 38 heavy (non-hydrogen) atoms. The third kappa shape index (κ3) is 4.87. The van der Waals surface area contributed by atoms with Gasteiger partial charge in [0.15, 0.2) is 11.5 Å². The molecule has 1 atom stereocenters. The van der Waals surface area contributed by atoms with E-state index in [1.165, 1.54) is 12.1 Å². The van der Waals surface area contributed by atoms with Gasteiger partial charge in [0.1, 0.15) is 23.9 Å². The summed E-state index contributed by atoms with van der Waals surface area (Å²) in [6.07, 6.45) is -0.370. The minimum absolute atomic E-state index is 0.0671. The summed E-state index contributed by atoms with van der Waals surface area (Å²) in [5.74, 6) is -0.248. The Morgan fingerprint density at radius 3 is 2.76 bits per heavy atom. The lowest BCUT2D eigenvalue weighted by atomic mass is 10.1. The Labute approximate surface area is 220 Å². The first-order valence-electron chi connectivity index (χ1n) is 11.9. The number of amides is 2. The van der Waals surface area contributed by atoms with Crippen molar-refractivity contribution >= 4 is 40.4 Å². The van der Waals surface area contributed by atoms with Crippen LogP contribution in [0.1, 0.15) is 41.4 Å². The summed E-state index contributed by atoms with van der Waals surface area (Å²) in [5.41, 5.74) is -0.584. The molecule has 4 heterocycles. The maximum absolute atomic E-state index is 13.2. The van der Waals surface area contributed by atoms with Gasteiger partial charge in [-0.05, 0) is 37.5 Å². The number of anilines is 1. The number of likely N-dealkylation sites (tertiary alicyclic amines) is 1. The Morgan fingerprint density at radius 2 is 2.00 bits per heavy atom. The van der Waals surface area contributed by atoms with Gasteiger partial charge in [0, 0.05) is 30.9 Å².